The molecule has 2 aromatic rings. The van der Waals surface area contributed by atoms with E-state index in [4.69, 9.17) is 9.47 Å². The number of ether oxygens (including phenoxy) is 2. The van der Waals surface area contributed by atoms with Gasteiger partial charge in [0.25, 0.3) is 0 Å². The summed E-state index contributed by atoms with van der Waals surface area (Å²) >= 11 is 0. The average molecular weight is 437 g/mol. The summed E-state index contributed by atoms with van der Waals surface area (Å²) in [5.41, 5.74) is -2.93. The van der Waals surface area contributed by atoms with Gasteiger partial charge in [-0.15, -0.1) is 0 Å². The van der Waals surface area contributed by atoms with E-state index >= 15 is 0 Å². The fourth-order valence-corrected chi connectivity index (χ4v) is 6.75. The van der Waals surface area contributed by atoms with Gasteiger partial charge in [-0.25, -0.2) is 23.5 Å². The Morgan fingerprint density at radius 3 is 2.47 bits per heavy atom. The van der Waals surface area contributed by atoms with Crippen LogP contribution in [-0.2, 0) is 19.1 Å². The number of nitrogens with zero attached hydrogens (tertiary/aromatic N) is 3. The molecule has 9 nitrogen and oxygen atoms in total. The van der Waals surface area contributed by atoms with Crippen LogP contribution in [-0.4, -0.2) is 38.6 Å². The van der Waals surface area contributed by atoms with Gasteiger partial charge < -0.3 is 9.47 Å². The van der Waals surface area contributed by atoms with Crippen LogP contribution < -0.4 is 11.4 Å². The third-order valence-corrected chi connectivity index (χ3v) is 7.72. The van der Waals surface area contributed by atoms with E-state index in [1.165, 1.54) is 9.36 Å². The maximum absolute atomic E-state index is 13.5. The van der Waals surface area contributed by atoms with E-state index in [0.29, 0.717) is 12.1 Å². The molecule has 2 fully saturated rings. The standard InChI is InChI=1S/C23H23N3O6/c1-3-8-16-22-15-12-11-14(17(22)23(22,19(28)32-16)18(27)31-4-2)25-20(29)24(21(30)26(15)25)13-9-6-5-7-10-13/h5-7,9-12,14-17H,3-4,8H2,1-2H3/t14-,15+,16+,17+,22?,23-/m1/s1. The number of rotatable bonds is 5. The van der Waals surface area contributed by atoms with Crippen LogP contribution in [0.3, 0.4) is 0 Å². The molecule has 7 rings (SSSR count). The number of para-hydroxylation sites is 1. The summed E-state index contributed by atoms with van der Waals surface area (Å²) in [6, 6.07) is 7.47. The van der Waals surface area contributed by atoms with Crippen molar-refractivity contribution in [3.63, 3.8) is 0 Å². The van der Waals surface area contributed by atoms with E-state index in [1.807, 2.05) is 25.1 Å². The van der Waals surface area contributed by atoms with Crippen LogP contribution in [0.4, 0.5) is 0 Å². The summed E-state index contributed by atoms with van der Waals surface area (Å²) in [7, 11) is 0. The van der Waals surface area contributed by atoms with Gasteiger partial charge in [0.1, 0.15) is 6.10 Å². The van der Waals surface area contributed by atoms with Gasteiger partial charge in [0.15, 0.2) is 5.41 Å². The van der Waals surface area contributed by atoms with Crippen molar-refractivity contribution < 1.29 is 19.1 Å². The van der Waals surface area contributed by atoms with Crippen LogP contribution in [0.1, 0.15) is 38.8 Å². The Morgan fingerprint density at radius 1 is 1.06 bits per heavy atom. The van der Waals surface area contributed by atoms with Crippen molar-refractivity contribution in [2.75, 3.05) is 6.61 Å². The third-order valence-electron chi connectivity index (χ3n) is 7.72. The van der Waals surface area contributed by atoms with Crippen LogP contribution in [0.5, 0.6) is 0 Å². The molecule has 4 heterocycles. The summed E-state index contributed by atoms with van der Waals surface area (Å²) in [6.07, 6.45) is 4.48. The molecule has 0 N–H and O–H groups in total. The fraction of sp³-hybridized carbons (Fsp3) is 0.478. The maximum atomic E-state index is 13.5. The molecular formula is C23H23N3O6. The zero-order valence-electron chi connectivity index (χ0n) is 17.8. The van der Waals surface area contributed by atoms with Crippen LogP contribution in [0.15, 0.2) is 52.1 Å². The second kappa shape index (κ2) is 6.11. The van der Waals surface area contributed by atoms with Crippen LogP contribution in [0, 0.1) is 16.7 Å². The molecule has 2 aliphatic carbocycles. The van der Waals surface area contributed by atoms with Gasteiger partial charge in [-0.3, -0.25) is 9.59 Å². The van der Waals surface area contributed by atoms with Crippen LogP contribution in [0.2, 0.25) is 0 Å². The molecular weight excluding hydrogens is 414 g/mol. The SMILES string of the molecule is CCC[C@@H]1OC(=O)[C@]2(C(=O)OCC)[C@H]3[C@H]4C=C[C@H](n5c(=O)n(-c6ccccc6)c(=O)n54)C132. The Balaban J connectivity index is 1.60. The first-order valence-corrected chi connectivity index (χ1v) is 11.1. The highest BCUT2D eigenvalue weighted by Gasteiger charge is 2.97. The summed E-state index contributed by atoms with van der Waals surface area (Å²) in [5, 5.41) is 0. The highest BCUT2D eigenvalue weighted by molar-refractivity contribution is 6.08. The third kappa shape index (κ3) is 1.80. The average Bonchev–Trinajstić information content (AvgIpc) is 3.31. The Morgan fingerprint density at radius 2 is 1.78 bits per heavy atom. The summed E-state index contributed by atoms with van der Waals surface area (Å²) in [5.74, 6) is -1.69. The fourth-order valence-electron chi connectivity index (χ4n) is 6.75. The van der Waals surface area contributed by atoms with Crippen molar-refractivity contribution in [3.05, 3.63) is 63.5 Å². The van der Waals surface area contributed by atoms with Gasteiger partial charge in [0, 0.05) is 5.92 Å². The van der Waals surface area contributed by atoms with Crippen molar-refractivity contribution >= 4 is 11.9 Å². The topological polar surface area (TPSA) is 102 Å². The zero-order chi connectivity index (χ0) is 22.4. The van der Waals surface area contributed by atoms with Crippen molar-refractivity contribution in [2.45, 2.75) is 44.9 Å². The first kappa shape index (κ1) is 19.3. The van der Waals surface area contributed by atoms with Gasteiger partial charge in [0.05, 0.1) is 29.8 Å². The molecule has 3 aliphatic heterocycles. The molecule has 0 amide bonds. The molecule has 0 radical (unpaired) electrons. The Bertz CT molecular complexity index is 1300. The number of cyclic esters (lactones) is 1. The number of allylic oxidation sites excluding steroid dienone is 2. The number of carbonyl (C=O) groups excluding carboxylic acids is 2. The molecule has 1 unspecified atom stereocenters. The largest absolute Gasteiger partial charge is 0.465 e. The first-order valence-electron chi connectivity index (χ1n) is 11.1. The lowest BCUT2D eigenvalue weighted by atomic mass is 9.77. The lowest BCUT2D eigenvalue weighted by molar-refractivity contribution is -0.163. The minimum atomic E-state index is -1.50. The van der Waals surface area contributed by atoms with Crippen molar-refractivity contribution in [3.8, 4) is 5.69 Å². The Kier molecular flexibility index (Phi) is 3.69. The van der Waals surface area contributed by atoms with Gasteiger partial charge in [-0.05, 0) is 25.5 Å². The molecule has 1 aromatic heterocycles. The number of carbonyl (C=O) groups is 2. The molecule has 9 heteroatoms. The minimum absolute atomic E-state index is 0.130. The summed E-state index contributed by atoms with van der Waals surface area (Å²) in [6.45, 7) is 3.80. The molecule has 6 atom stereocenters. The number of aromatic nitrogens is 3. The predicted octanol–water partition coefficient (Wildman–Crippen LogP) is 1.36. The molecule has 32 heavy (non-hydrogen) atoms. The van der Waals surface area contributed by atoms with E-state index in [9.17, 15) is 19.2 Å². The quantitative estimate of drug-likeness (QED) is 0.398. The molecule has 2 bridgehead atoms. The number of hydrogen-bond acceptors (Lipinski definition) is 6. The number of benzene rings is 1. The highest BCUT2D eigenvalue weighted by Crippen LogP contribution is 2.85. The van der Waals surface area contributed by atoms with Gasteiger partial charge >= 0.3 is 23.3 Å². The monoisotopic (exact) mass is 437 g/mol. The van der Waals surface area contributed by atoms with Crippen molar-refractivity contribution in [2.24, 2.45) is 16.7 Å². The highest BCUT2D eigenvalue weighted by atomic mass is 16.6. The molecule has 1 saturated carbocycles. The second-order valence-electron chi connectivity index (χ2n) is 8.87. The van der Waals surface area contributed by atoms with Gasteiger partial charge in [-0.1, -0.05) is 43.7 Å². The lowest BCUT2D eigenvalue weighted by Crippen LogP contribution is -2.48. The van der Waals surface area contributed by atoms with E-state index in [-0.39, 0.29) is 6.61 Å². The molecule has 5 aliphatic rings. The van der Waals surface area contributed by atoms with E-state index in [1.54, 1.807) is 31.2 Å². The lowest BCUT2D eigenvalue weighted by Gasteiger charge is -2.41. The number of hydrogen-bond donors (Lipinski definition) is 0. The van der Waals surface area contributed by atoms with E-state index in [0.717, 1.165) is 11.0 Å². The Hall–Kier alpha value is -3.36. The first-order chi connectivity index (χ1) is 15.5. The smallest absolute Gasteiger partial charge is 0.352 e. The predicted molar refractivity (Wildman–Crippen MR) is 111 cm³/mol. The van der Waals surface area contributed by atoms with E-state index in [2.05, 4.69) is 0 Å². The van der Waals surface area contributed by atoms with Crippen molar-refractivity contribution in [1.29, 1.82) is 0 Å². The second-order valence-corrected chi connectivity index (χ2v) is 8.87. The van der Waals surface area contributed by atoms with Gasteiger partial charge in [0.2, 0.25) is 0 Å². The Labute approximate surface area is 182 Å². The molecule has 1 aromatic carbocycles. The number of esters is 2. The summed E-state index contributed by atoms with van der Waals surface area (Å²) in [4.78, 5) is 53.5. The van der Waals surface area contributed by atoms with Crippen LogP contribution in [0.25, 0.3) is 5.69 Å². The summed E-state index contributed by atoms with van der Waals surface area (Å²) < 4.78 is 15.1. The van der Waals surface area contributed by atoms with Crippen molar-refractivity contribution in [1.82, 2.24) is 13.9 Å². The zero-order valence-corrected chi connectivity index (χ0v) is 17.8. The molecule has 166 valence electrons. The molecule has 1 saturated heterocycles. The normalized spacial score (nSPS) is 35.1. The van der Waals surface area contributed by atoms with Crippen LogP contribution >= 0.6 is 0 Å². The molecule has 1 spiro atoms. The minimum Gasteiger partial charge on any atom is -0.465 e. The van der Waals surface area contributed by atoms with E-state index < -0.39 is 58.3 Å². The van der Waals surface area contributed by atoms with Gasteiger partial charge in [-0.2, -0.15) is 0 Å². The maximum Gasteiger partial charge on any atom is 0.352 e.